The molecule has 3 rings (SSSR count). The van der Waals surface area contributed by atoms with Gasteiger partial charge in [0.15, 0.2) is 0 Å². The van der Waals surface area contributed by atoms with Gasteiger partial charge in [0.05, 0.1) is 0 Å². The fourth-order valence-corrected chi connectivity index (χ4v) is 3.52. The molecule has 0 unspecified atom stereocenters. The summed E-state index contributed by atoms with van der Waals surface area (Å²) < 4.78 is 0. The minimum absolute atomic E-state index is 0.0438. The molecule has 2 amide bonds. The minimum Gasteiger partial charge on any atom is -0.378 e. The number of nitrogens with zero attached hydrogens (tertiary/aromatic N) is 3. The summed E-state index contributed by atoms with van der Waals surface area (Å²) in [5, 5.41) is 0. The smallest absolute Gasteiger partial charge is 0.253 e. The quantitative estimate of drug-likeness (QED) is 0.802. The maximum Gasteiger partial charge on any atom is 0.253 e. The van der Waals surface area contributed by atoms with Crippen LogP contribution in [0.2, 0.25) is 0 Å². The Labute approximate surface area is 167 Å². The molecule has 2 aromatic carbocycles. The number of rotatable bonds is 5. The zero-order valence-electron chi connectivity index (χ0n) is 16.8. The highest BCUT2D eigenvalue weighted by Crippen LogP contribution is 2.16. The molecule has 1 saturated heterocycles. The second kappa shape index (κ2) is 9.40. The van der Waals surface area contributed by atoms with Crippen LogP contribution >= 0.6 is 0 Å². The van der Waals surface area contributed by atoms with Gasteiger partial charge in [-0.25, -0.2) is 0 Å². The van der Waals surface area contributed by atoms with E-state index in [9.17, 15) is 9.59 Å². The summed E-state index contributed by atoms with van der Waals surface area (Å²) in [6.07, 6.45) is 2.09. The van der Waals surface area contributed by atoms with Crippen LogP contribution in [0.5, 0.6) is 0 Å². The van der Waals surface area contributed by atoms with Gasteiger partial charge in [0, 0.05) is 57.9 Å². The number of carbonyl (C=O) groups is 2. The van der Waals surface area contributed by atoms with E-state index < -0.39 is 0 Å². The highest BCUT2D eigenvalue weighted by Gasteiger charge is 2.23. The maximum atomic E-state index is 12.9. The van der Waals surface area contributed by atoms with E-state index in [2.05, 4.69) is 12.1 Å². The third-order valence-corrected chi connectivity index (χ3v) is 5.22. The molecule has 148 valence electrons. The van der Waals surface area contributed by atoms with Crippen molar-refractivity contribution in [2.75, 3.05) is 45.2 Å². The van der Waals surface area contributed by atoms with Gasteiger partial charge < -0.3 is 14.7 Å². The summed E-state index contributed by atoms with van der Waals surface area (Å²) in [4.78, 5) is 31.3. The number of amides is 2. The molecule has 28 heavy (non-hydrogen) atoms. The molecule has 0 aromatic heterocycles. The van der Waals surface area contributed by atoms with Crippen LogP contribution in [0.4, 0.5) is 5.69 Å². The number of carbonyl (C=O) groups excluding carboxylic acids is 2. The average molecular weight is 380 g/mol. The maximum absolute atomic E-state index is 12.9. The first-order chi connectivity index (χ1) is 13.5. The van der Waals surface area contributed by atoms with Gasteiger partial charge in [0.2, 0.25) is 5.91 Å². The largest absolute Gasteiger partial charge is 0.378 e. The van der Waals surface area contributed by atoms with E-state index in [4.69, 9.17) is 0 Å². The van der Waals surface area contributed by atoms with E-state index in [0.29, 0.717) is 31.6 Å². The van der Waals surface area contributed by atoms with Crippen molar-refractivity contribution >= 4 is 17.5 Å². The summed E-state index contributed by atoms with van der Waals surface area (Å²) in [6, 6.07) is 17.8. The fourth-order valence-electron chi connectivity index (χ4n) is 3.52. The lowest BCUT2D eigenvalue weighted by Gasteiger charge is -2.23. The molecule has 5 heteroatoms. The third kappa shape index (κ3) is 5.12. The number of aryl methyl sites for hydroxylation is 1. The number of anilines is 1. The Morgan fingerprint density at radius 2 is 1.61 bits per heavy atom. The number of benzene rings is 2. The molecule has 1 heterocycles. The zero-order chi connectivity index (χ0) is 19.9. The van der Waals surface area contributed by atoms with Crippen molar-refractivity contribution in [3.63, 3.8) is 0 Å². The van der Waals surface area contributed by atoms with E-state index in [-0.39, 0.29) is 11.8 Å². The highest BCUT2D eigenvalue weighted by atomic mass is 16.2. The van der Waals surface area contributed by atoms with Crippen LogP contribution in [-0.2, 0) is 11.2 Å². The van der Waals surface area contributed by atoms with Gasteiger partial charge >= 0.3 is 0 Å². The molecule has 0 atom stereocenters. The van der Waals surface area contributed by atoms with Gasteiger partial charge in [0.1, 0.15) is 0 Å². The molecule has 0 saturated carbocycles. The molecule has 0 spiro atoms. The predicted octanol–water partition coefficient (Wildman–Crippen LogP) is 3.06. The third-order valence-electron chi connectivity index (χ3n) is 5.22. The van der Waals surface area contributed by atoms with Crippen molar-refractivity contribution in [3.05, 3.63) is 65.7 Å². The van der Waals surface area contributed by atoms with E-state index in [0.717, 1.165) is 25.1 Å². The van der Waals surface area contributed by atoms with Crippen molar-refractivity contribution in [1.82, 2.24) is 9.80 Å². The van der Waals surface area contributed by atoms with Crippen molar-refractivity contribution in [1.29, 1.82) is 0 Å². The summed E-state index contributed by atoms with van der Waals surface area (Å²) in [5.41, 5.74) is 2.90. The summed E-state index contributed by atoms with van der Waals surface area (Å²) in [7, 11) is 3.93. The van der Waals surface area contributed by atoms with Crippen LogP contribution in [0.3, 0.4) is 0 Å². The lowest BCUT2D eigenvalue weighted by Crippen LogP contribution is -2.37. The first-order valence-electron chi connectivity index (χ1n) is 9.93. The van der Waals surface area contributed by atoms with E-state index in [1.807, 2.05) is 71.3 Å². The summed E-state index contributed by atoms with van der Waals surface area (Å²) >= 11 is 0. The van der Waals surface area contributed by atoms with Crippen LogP contribution in [0, 0.1) is 0 Å². The van der Waals surface area contributed by atoms with Gasteiger partial charge in [-0.2, -0.15) is 0 Å². The Bertz CT molecular complexity index is 805. The Morgan fingerprint density at radius 1 is 0.893 bits per heavy atom. The fraction of sp³-hybridized carbons (Fsp3) is 0.391. The van der Waals surface area contributed by atoms with Crippen molar-refractivity contribution in [2.24, 2.45) is 0 Å². The minimum atomic E-state index is 0.0438. The van der Waals surface area contributed by atoms with Crippen LogP contribution < -0.4 is 4.90 Å². The van der Waals surface area contributed by atoms with Gasteiger partial charge in [-0.1, -0.05) is 36.4 Å². The topological polar surface area (TPSA) is 43.9 Å². The van der Waals surface area contributed by atoms with Gasteiger partial charge in [-0.3, -0.25) is 9.59 Å². The molecule has 0 radical (unpaired) electrons. The SMILES string of the molecule is CN(C)c1cccc(C(=O)N2CCCN(C(=O)CCc3ccccc3)CC2)c1. The molecular weight excluding hydrogens is 350 g/mol. The lowest BCUT2D eigenvalue weighted by atomic mass is 10.1. The first-order valence-corrected chi connectivity index (χ1v) is 9.93. The van der Waals surface area contributed by atoms with Crippen molar-refractivity contribution < 1.29 is 9.59 Å². The lowest BCUT2D eigenvalue weighted by molar-refractivity contribution is -0.131. The van der Waals surface area contributed by atoms with Crippen LogP contribution in [0.1, 0.15) is 28.8 Å². The van der Waals surface area contributed by atoms with E-state index >= 15 is 0 Å². The molecule has 0 N–H and O–H groups in total. The second-order valence-electron chi connectivity index (χ2n) is 7.46. The average Bonchev–Trinajstić information content (AvgIpc) is 2.98. The molecular formula is C23H29N3O2. The Hall–Kier alpha value is -2.82. The Balaban J connectivity index is 1.56. The highest BCUT2D eigenvalue weighted by molar-refractivity contribution is 5.95. The molecule has 5 nitrogen and oxygen atoms in total. The van der Waals surface area contributed by atoms with Crippen LogP contribution in [0.15, 0.2) is 54.6 Å². The van der Waals surface area contributed by atoms with E-state index in [1.165, 1.54) is 5.56 Å². The van der Waals surface area contributed by atoms with Gasteiger partial charge in [-0.05, 0) is 36.6 Å². The van der Waals surface area contributed by atoms with Crippen LogP contribution in [-0.4, -0.2) is 61.9 Å². The zero-order valence-corrected chi connectivity index (χ0v) is 16.8. The Morgan fingerprint density at radius 3 is 2.36 bits per heavy atom. The molecule has 1 aliphatic heterocycles. The number of hydrogen-bond donors (Lipinski definition) is 0. The Kier molecular flexibility index (Phi) is 6.69. The summed E-state index contributed by atoms with van der Waals surface area (Å²) in [6.45, 7) is 2.59. The van der Waals surface area contributed by atoms with Crippen molar-refractivity contribution in [2.45, 2.75) is 19.3 Å². The molecule has 0 aliphatic carbocycles. The second-order valence-corrected chi connectivity index (χ2v) is 7.46. The predicted molar refractivity (Wildman–Crippen MR) is 113 cm³/mol. The monoisotopic (exact) mass is 379 g/mol. The molecule has 0 bridgehead atoms. The summed E-state index contributed by atoms with van der Waals surface area (Å²) in [5.74, 6) is 0.218. The first kappa shape index (κ1) is 19.9. The van der Waals surface area contributed by atoms with Crippen LogP contribution in [0.25, 0.3) is 0 Å². The normalized spacial score (nSPS) is 14.5. The van der Waals surface area contributed by atoms with Gasteiger partial charge in [0.25, 0.3) is 5.91 Å². The van der Waals surface area contributed by atoms with E-state index in [1.54, 1.807) is 0 Å². The number of hydrogen-bond acceptors (Lipinski definition) is 3. The standard InChI is InChI=1S/C23H29N3O2/c1-24(2)21-11-6-10-20(18-21)23(28)26-15-7-14-25(16-17-26)22(27)13-12-19-8-4-3-5-9-19/h3-6,8-11,18H,7,12-17H2,1-2H3. The van der Waals surface area contributed by atoms with Crippen molar-refractivity contribution in [3.8, 4) is 0 Å². The van der Waals surface area contributed by atoms with Gasteiger partial charge in [-0.15, -0.1) is 0 Å². The molecule has 1 fully saturated rings. The molecule has 1 aliphatic rings. The molecule has 2 aromatic rings.